The van der Waals surface area contributed by atoms with E-state index in [4.69, 9.17) is 9.47 Å². The highest BCUT2D eigenvalue weighted by molar-refractivity contribution is 5.78. The van der Waals surface area contributed by atoms with Gasteiger partial charge in [0.15, 0.2) is 6.61 Å². The smallest absolute Gasteiger partial charge is 0.258 e. The Morgan fingerprint density at radius 1 is 1.12 bits per heavy atom. The van der Waals surface area contributed by atoms with Gasteiger partial charge in [0, 0.05) is 19.6 Å². The summed E-state index contributed by atoms with van der Waals surface area (Å²) in [5.41, 5.74) is 2.26. The molecule has 0 saturated carbocycles. The van der Waals surface area contributed by atoms with Crippen LogP contribution in [0.15, 0.2) is 54.6 Å². The molecule has 0 aliphatic carbocycles. The maximum Gasteiger partial charge on any atom is 0.258 e. The molecule has 1 aliphatic rings. The molecule has 1 fully saturated rings. The van der Waals surface area contributed by atoms with Gasteiger partial charge in [-0.05, 0) is 24.6 Å². The van der Waals surface area contributed by atoms with Gasteiger partial charge in [-0.25, -0.2) is 0 Å². The maximum atomic E-state index is 12.4. The first-order valence-corrected chi connectivity index (χ1v) is 9.04. The summed E-state index contributed by atoms with van der Waals surface area (Å²) >= 11 is 0. The van der Waals surface area contributed by atoms with Crippen molar-refractivity contribution >= 4 is 5.91 Å². The molecule has 1 atom stereocenters. The van der Waals surface area contributed by atoms with E-state index in [2.05, 4.69) is 10.2 Å². The van der Waals surface area contributed by atoms with Crippen molar-refractivity contribution in [2.45, 2.75) is 13.0 Å². The highest BCUT2D eigenvalue weighted by atomic mass is 16.5. The molecule has 0 aromatic heterocycles. The second kappa shape index (κ2) is 9.36. The molecular formula is C21H26N2O3. The van der Waals surface area contributed by atoms with Crippen molar-refractivity contribution in [1.29, 1.82) is 0 Å². The average Bonchev–Trinajstić information content (AvgIpc) is 2.68. The number of ether oxygens (including phenoxy) is 2. The first kappa shape index (κ1) is 18.4. The monoisotopic (exact) mass is 354 g/mol. The van der Waals surface area contributed by atoms with Crippen molar-refractivity contribution in [1.82, 2.24) is 10.2 Å². The first-order valence-electron chi connectivity index (χ1n) is 9.04. The second-order valence-corrected chi connectivity index (χ2v) is 6.55. The number of carbonyl (C=O) groups excluding carboxylic acids is 1. The van der Waals surface area contributed by atoms with Crippen LogP contribution in [0.5, 0.6) is 5.75 Å². The van der Waals surface area contributed by atoms with Gasteiger partial charge in [0.2, 0.25) is 0 Å². The Balaban J connectivity index is 1.58. The summed E-state index contributed by atoms with van der Waals surface area (Å²) in [6.07, 6.45) is 0. The van der Waals surface area contributed by atoms with E-state index < -0.39 is 0 Å². The molecule has 1 saturated heterocycles. The third-order valence-corrected chi connectivity index (χ3v) is 4.47. The number of carbonyl (C=O) groups is 1. The molecule has 1 heterocycles. The molecule has 0 bridgehead atoms. The molecule has 0 radical (unpaired) electrons. The summed E-state index contributed by atoms with van der Waals surface area (Å²) in [5.74, 6) is 0.586. The summed E-state index contributed by atoms with van der Waals surface area (Å²) in [5, 5.41) is 3.12. The molecule has 0 spiro atoms. The lowest BCUT2D eigenvalue weighted by molar-refractivity contribution is -0.124. The number of nitrogens with zero attached hydrogens (tertiary/aromatic N) is 1. The van der Waals surface area contributed by atoms with Crippen molar-refractivity contribution in [2.75, 3.05) is 39.5 Å². The van der Waals surface area contributed by atoms with Crippen LogP contribution in [0.4, 0.5) is 0 Å². The minimum Gasteiger partial charge on any atom is -0.484 e. The van der Waals surface area contributed by atoms with Gasteiger partial charge in [0.05, 0.1) is 19.3 Å². The number of nitrogens with one attached hydrogen (secondary N) is 1. The Bertz CT molecular complexity index is 682. The zero-order valence-corrected chi connectivity index (χ0v) is 15.2. The fourth-order valence-corrected chi connectivity index (χ4v) is 2.98. The van der Waals surface area contributed by atoms with Crippen molar-refractivity contribution in [3.8, 4) is 5.75 Å². The fourth-order valence-electron chi connectivity index (χ4n) is 2.98. The topological polar surface area (TPSA) is 50.8 Å². The lowest BCUT2D eigenvalue weighted by atomic mass is 10.1. The third kappa shape index (κ3) is 5.58. The maximum absolute atomic E-state index is 12.4. The molecule has 1 aliphatic heterocycles. The van der Waals surface area contributed by atoms with E-state index in [1.165, 1.54) is 0 Å². The minimum absolute atomic E-state index is 0.00943. The van der Waals surface area contributed by atoms with Crippen LogP contribution in [0.25, 0.3) is 0 Å². The van der Waals surface area contributed by atoms with Gasteiger partial charge >= 0.3 is 0 Å². The van der Waals surface area contributed by atoms with Crippen molar-refractivity contribution in [3.63, 3.8) is 0 Å². The summed E-state index contributed by atoms with van der Waals surface area (Å²) < 4.78 is 11.0. The molecule has 2 aromatic carbocycles. The van der Waals surface area contributed by atoms with Crippen LogP contribution in [0, 0.1) is 6.92 Å². The molecular weight excluding hydrogens is 328 g/mol. The van der Waals surface area contributed by atoms with Gasteiger partial charge in [-0.15, -0.1) is 0 Å². The number of morpholine rings is 1. The first-order chi connectivity index (χ1) is 12.7. The quantitative estimate of drug-likeness (QED) is 0.830. The number of benzene rings is 2. The van der Waals surface area contributed by atoms with Crippen LogP contribution in [0.3, 0.4) is 0 Å². The standard InChI is InChI=1S/C21H26N2O3/c1-17-7-9-19(10-8-17)26-16-21(24)22-20(18-5-3-2-4-6-18)15-23-11-13-25-14-12-23/h2-10,20H,11-16H2,1H3,(H,22,24). The Labute approximate surface area is 154 Å². The fraction of sp³-hybridized carbons (Fsp3) is 0.381. The predicted octanol–water partition coefficient (Wildman–Crippen LogP) is 2.56. The van der Waals surface area contributed by atoms with Gasteiger partial charge in [0.1, 0.15) is 5.75 Å². The molecule has 5 heteroatoms. The lowest BCUT2D eigenvalue weighted by Gasteiger charge is -2.31. The summed E-state index contributed by atoms with van der Waals surface area (Å²) in [7, 11) is 0. The molecule has 138 valence electrons. The summed E-state index contributed by atoms with van der Waals surface area (Å²) in [4.78, 5) is 14.8. The molecule has 1 unspecified atom stereocenters. The van der Waals surface area contributed by atoms with Gasteiger partial charge in [-0.1, -0.05) is 48.0 Å². The van der Waals surface area contributed by atoms with Crippen LogP contribution < -0.4 is 10.1 Å². The van der Waals surface area contributed by atoms with E-state index in [0.29, 0.717) is 5.75 Å². The molecule has 3 rings (SSSR count). The van der Waals surface area contributed by atoms with Gasteiger partial charge in [0.25, 0.3) is 5.91 Å². The van der Waals surface area contributed by atoms with Crippen LogP contribution in [0.2, 0.25) is 0 Å². The zero-order chi connectivity index (χ0) is 18.2. The van der Waals surface area contributed by atoms with E-state index >= 15 is 0 Å². The van der Waals surface area contributed by atoms with Gasteiger partial charge in [-0.3, -0.25) is 9.69 Å². The predicted molar refractivity (Wildman–Crippen MR) is 101 cm³/mol. The van der Waals surface area contributed by atoms with Crippen LogP contribution >= 0.6 is 0 Å². The number of amides is 1. The Morgan fingerprint density at radius 3 is 2.50 bits per heavy atom. The number of rotatable bonds is 7. The number of hydrogen-bond donors (Lipinski definition) is 1. The molecule has 5 nitrogen and oxygen atoms in total. The van der Waals surface area contributed by atoms with E-state index in [1.54, 1.807) is 0 Å². The lowest BCUT2D eigenvalue weighted by Crippen LogP contribution is -2.44. The van der Waals surface area contributed by atoms with E-state index in [9.17, 15) is 4.79 Å². The Kier molecular flexibility index (Phi) is 6.63. The normalized spacial score (nSPS) is 16.0. The molecule has 1 N–H and O–H groups in total. The van der Waals surface area contributed by atoms with E-state index in [1.807, 2.05) is 61.5 Å². The largest absolute Gasteiger partial charge is 0.484 e. The molecule has 1 amide bonds. The van der Waals surface area contributed by atoms with Crippen molar-refractivity contribution in [3.05, 3.63) is 65.7 Å². The third-order valence-electron chi connectivity index (χ3n) is 4.47. The van der Waals surface area contributed by atoms with Gasteiger partial charge < -0.3 is 14.8 Å². The molecule has 26 heavy (non-hydrogen) atoms. The van der Waals surface area contributed by atoms with Crippen LogP contribution in [0.1, 0.15) is 17.2 Å². The van der Waals surface area contributed by atoms with Crippen molar-refractivity contribution in [2.24, 2.45) is 0 Å². The highest BCUT2D eigenvalue weighted by Crippen LogP contribution is 2.16. The Hall–Kier alpha value is -2.37. The Morgan fingerprint density at radius 2 is 1.81 bits per heavy atom. The number of aryl methyl sites for hydroxylation is 1. The van der Waals surface area contributed by atoms with Crippen LogP contribution in [-0.2, 0) is 9.53 Å². The van der Waals surface area contributed by atoms with E-state index in [0.717, 1.165) is 44.0 Å². The average molecular weight is 354 g/mol. The minimum atomic E-state index is -0.118. The van der Waals surface area contributed by atoms with Crippen LogP contribution in [-0.4, -0.2) is 50.3 Å². The second-order valence-electron chi connectivity index (χ2n) is 6.55. The number of hydrogen-bond acceptors (Lipinski definition) is 4. The van der Waals surface area contributed by atoms with Crippen molar-refractivity contribution < 1.29 is 14.3 Å². The van der Waals surface area contributed by atoms with E-state index in [-0.39, 0.29) is 18.6 Å². The SMILES string of the molecule is Cc1ccc(OCC(=O)NC(CN2CCOCC2)c2ccccc2)cc1. The summed E-state index contributed by atoms with van der Waals surface area (Å²) in [6, 6.07) is 17.7. The molecule has 2 aromatic rings. The zero-order valence-electron chi connectivity index (χ0n) is 15.2. The van der Waals surface area contributed by atoms with Gasteiger partial charge in [-0.2, -0.15) is 0 Å². The summed E-state index contributed by atoms with van der Waals surface area (Å²) in [6.45, 7) is 6.06. The highest BCUT2D eigenvalue weighted by Gasteiger charge is 2.20.